The molecule has 3 rings (SSSR count). The Kier molecular flexibility index (Phi) is 10.2. The molecule has 1 atom stereocenters. The summed E-state index contributed by atoms with van der Waals surface area (Å²) in [6.07, 6.45) is 0. The highest BCUT2D eigenvalue weighted by Crippen LogP contribution is 2.29. The third-order valence-electron chi connectivity index (χ3n) is 6.16. The fraction of sp³-hybridized carbons (Fsp3) is 0.286. The number of carbonyl (C=O) groups excluding carboxylic acids is 2. The van der Waals surface area contributed by atoms with Gasteiger partial charge >= 0.3 is 0 Å². The average molecular weight is 593 g/mol. The minimum Gasteiger partial charge on any atom is -0.497 e. The molecule has 0 fully saturated rings. The number of amides is 2. The van der Waals surface area contributed by atoms with E-state index < -0.39 is 34.4 Å². The summed E-state index contributed by atoms with van der Waals surface area (Å²) in [5.41, 5.74) is 1.59. The van der Waals surface area contributed by atoms with Gasteiger partial charge in [0, 0.05) is 28.7 Å². The maximum atomic E-state index is 13.9. The number of methoxy groups -OCH3 is 1. The standard InChI is InChI=1S/C28H31Cl2N3O5S/c1-5-31-28(35)20(3)32(17-24-25(29)7-6-8-26(24)30)27(34)18-33(21-11-13-22(38-4)14-12-21)39(36,37)23-15-9-19(2)10-16-23/h6-16,20H,5,17-18H2,1-4H3,(H,31,35). The van der Waals surface area contributed by atoms with Crippen LogP contribution in [-0.4, -0.2) is 51.4 Å². The molecule has 0 aliphatic rings. The predicted molar refractivity (Wildman–Crippen MR) is 154 cm³/mol. The maximum Gasteiger partial charge on any atom is 0.264 e. The lowest BCUT2D eigenvalue weighted by Crippen LogP contribution is -2.51. The van der Waals surface area contributed by atoms with E-state index in [9.17, 15) is 18.0 Å². The number of rotatable bonds is 11. The zero-order valence-electron chi connectivity index (χ0n) is 22.1. The van der Waals surface area contributed by atoms with Crippen molar-refractivity contribution in [1.29, 1.82) is 0 Å². The van der Waals surface area contributed by atoms with Crippen LogP contribution in [-0.2, 0) is 26.2 Å². The van der Waals surface area contributed by atoms with E-state index in [4.69, 9.17) is 27.9 Å². The molecule has 11 heteroatoms. The normalized spacial score (nSPS) is 11.9. The third kappa shape index (κ3) is 7.23. The number of carbonyl (C=O) groups is 2. The number of hydrogen-bond acceptors (Lipinski definition) is 5. The first-order valence-electron chi connectivity index (χ1n) is 12.2. The first kappa shape index (κ1) is 30.3. The smallest absolute Gasteiger partial charge is 0.264 e. The van der Waals surface area contributed by atoms with Gasteiger partial charge in [0.15, 0.2) is 0 Å². The van der Waals surface area contributed by atoms with Gasteiger partial charge in [-0.1, -0.05) is 47.0 Å². The number of hydrogen-bond donors (Lipinski definition) is 1. The fourth-order valence-electron chi connectivity index (χ4n) is 3.87. The van der Waals surface area contributed by atoms with Crippen LogP contribution in [0.1, 0.15) is 25.0 Å². The molecule has 8 nitrogen and oxygen atoms in total. The Morgan fingerprint density at radius 2 is 1.56 bits per heavy atom. The van der Waals surface area contributed by atoms with Crippen LogP contribution in [0.4, 0.5) is 5.69 Å². The number of nitrogens with zero attached hydrogens (tertiary/aromatic N) is 2. The van der Waals surface area contributed by atoms with Crippen molar-refractivity contribution in [3.8, 4) is 5.75 Å². The summed E-state index contributed by atoms with van der Waals surface area (Å²) in [5, 5.41) is 3.35. The summed E-state index contributed by atoms with van der Waals surface area (Å²) in [6, 6.07) is 16.7. The lowest BCUT2D eigenvalue weighted by atomic mass is 10.1. The Balaban J connectivity index is 2.07. The number of nitrogens with one attached hydrogen (secondary N) is 1. The van der Waals surface area contributed by atoms with Crippen LogP contribution in [0.2, 0.25) is 10.0 Å². The highest BCUT2D eigenvalue weighted by atomic mass is 35.5. The highest BCUT2D eigenvalue weighted by Gasteiger charge is 2.33. The summed E-state index contributed by atoms with van der Waals surface area (Å²) in [5.74, 6) is -0.486. The number of benzene rings is 3. The Morgan fingerprint density at radius 1 is 0.974 bits per heavy atom. The molecule has 0 aliphatic carbocycles. The van der Waals surface area contributed by atoms with Crippen LogP contribution in [0.5, 0.6) is 5.75 Å². The quantitative estimate of drug-likeness (QED) is 0.336. The van der Waals surface area contributed by atoms with E-state index in [0.29, 0.717) is 27.9 Å². The third-order valence-corrected chi connectivity index (χ3v) is 8.65. The first-order valence-corrected chi connectivity index (χ1v) is 14.4. The van der Waals surface area contributed by atoms with E-state index in [1.54, 1.807) is 68.4 Å². The Hall–Kier alpha value is -3.27. The molecule has 0 saturated heterocycles. The van der Waals surface area contributed by atoms with Gasteiger partial charge in [0.05, 0.1) is 17.7 Å². The van der Waals surface area contributed by atoms with Crippen LogP contribution < -0.4 is 14.4 Å². The molecule has 208 valence electrons. The van der Waals surface area contributed by atoms with Crippen molar-refractivity contribution in [2.45, 2.75) is 38.3 Å². The second-order valence-electron chi connectivity index (χ2n) is 8.82. The predicted octanol–water partition coefficient (Wildman–Crippen LogP) is 5.06. The van der Waals surface area contributed by atoms with Crippen molar-refractivity contribution in [3.63, 3.8) is 0 Å². The van der Waals surface area contributed by atoms with Crippen LogP contribution >= 0.6 is 23.2 Å². The van der Waals surface area contributed by atoms with Gasteiger partial charge in [-0.15, -0.1) is 0 Å². The minimum atomic E-state index is -4.17. The second-order valence-corrected chi connectivity index (χ2v) is 11.5. The van der Waals surface area contributed by atoms with Gasteiger partial charge in [-0.25, -0.2) is 8.42 Å². The van der Waals surface area contributed by atoms with Crippen LogP contribution in [0, 0.1) is 6.92 Å². The number of likely N-dealkylation sites (N-methyl/N-ethyl adjacent to an activating group) is 1. The molecule has 3 aromatic carbocycles. The molecular formula is C28H31Cl2N3O5S. The van der Waals surface area contributed by atoms with Gasteiger partial charge < -0.3 is 15.0 Å². The largest absolute Gasteiger partial charge is 0.497 e. The van der Waals surface area contributed by atoms with Gasteiger partial charge in [-0.3, -0.25) is 13.9 Å². The van der Waals surface area contributed by atoms with Crippen molar-refractivity contribution < 1.29 is 22.7 Å². The molecule has 0 aliphatic heterocycles. The monoisotopic (exact) mass is 591 g/mol. The zero-order chi connectivity index (χ0) is 28.7. The SMILES string of the molecule is CCNC(=O)C(C)N(Cc1c(Cl)cccc1Cl)C(=O)CN(c1ccc(OC)cc1)S(=O)(=O)c1ccc(C)cc1. The van der Waals surface area contributed by atoms with Crippen LogP contribution in [0.3, 0.4) is 0 Å². The van der Waals surface area contributed by atoms with E-state index in [0.717, 1.165) is 9.87 Å². The van der Waals surface area contributed by atoms with Crippen molar-refractivity contribution in [1.82, 2.24) is 10.2 Å². The molecule has 1 unspecified atom stereocenters. The Labute approximate surface area is 239 Å². The molecule has 0 spiro atoms. The van der Waals surface area contributed by atoms with E-state index in [1.165, 1.54) is 24.1 Å². The van der Waals surface area contributed by atoms with Gasteiger partial charge in [0.1, 0.15) is 18.3 Å². The summed E-state index contributed by atoms with van der Waals surface area (Å²) >= 11 is 12.8. The lowest BCUT2D eigenvalue weighted by Gasteiger charge is -2.32. The number of halogens is 2. The van der Waals surface area contributed by atoms with Gasteiger partial charge in [-0.2, -0.15) is 0 Å². The van der Waals surface area contributed by atoms with Crippen LogP contribution in [0.25, 0.3) is 0 Å². The summed E-state index contributed by atoms with van der Waals surface area (Å²) in [6.45, 7) is 4.87. The summed E-state index contributed by atoms with van der Waals surface area (Å²) < 4.78 is 33.9. The molecule has 2 amide bonds. The van der Waals surface area contributed by atoms with Crippen molar-refractivity contribution in [2.24, 2.45) is 0 Å². The molecule has 1 N–H and O–H groups in total. The molecule has 0 saturated carbocycles. The first-order chi connectivity index (χ1) is 18.5. The molecule has 3 aromatic rings. The summed E-state index contributed by atoms with van der Waals surface area (Å²) in [4.78, 5) is 28.0. The number of aryl methyl sites for hydroxylation is 1. The topological polar surface area (TPSA) is 96.0 Å². The van der Waals surface area contributed by atoms with Crippen molar-refractivity contribution in [2.75, 3.05) is 24.5 Å². The minimum absolute atomic E-state index is 0.0224. The fourth-order valence-corrected chi connectivity index (χ4v) is 5.80. The molecule has 0 aromatic heterocycles. The number of sulfonamides is 1. The lowest BCUT2D eigenvalue weighted by molar-refractivity contribution is -0.139. The van der Waals surface area contributed by atoms with E-state index in [-0.39, 0.29) is 17.1 Å². The second kappa shape index (κ2) is 13.2. The van der Waals surface area contributed by atoms with Crippen LogP contribution in [0.15, 0.2) is 71.6 Å². The Morgan fingerprint density at radius 3 is 2.10 bits per heavy atom. The van der Waals surface area contributed by atoms with Gasteiger partial charge in [-0.05, 0) is 69.3 Å². The maximum absolute atomic E-state index is 13.9. The average Bonchev–Trinajstić information content (AvgIpc) is 2.91. The zero-order valence-corrected chi connectivity index (χ0v) is 24.5. The Bertz CT molecular complexity index is 1390. The molecule has 0 heterocycles. The van der Waals surface area contributed by atoms with E-state index in [1.807, 2.05) is 6.92 Å². The van der Waals surface area contributed by atoms with Crippen molar-refractivity contribution >= 4 is 50.7 Å². The van der Waals surface area contributed by atoms with E-state index in [2.05, 4.69) is 5.32 Å². The van der Waals surface area contributed by atoms with E-state index >= 15 is 0 Å². The number of anilines is 1. The molecule has 39 heavy (non-hydrogen) atoms. The molecule has 0 bridgehead atoms. The highest BCUT2D eigenvalue weighted by molar-refractivity contribution is 7.92. The van der Waals surface area contributed by atoms with Gasteiger partial charge in [0.25, 0.3) is 10.0 Å². The van der Waals surface area contributed by atoms with Gasteiger partial charge in [0.2, 0.25) is 11.8 Å². The van der Waals surface area contributed by atoms with Crippen molar-refractivity contribution in [3.05, 3.63) is 87.9 Å². The number of ether oxygens (including phenoxy) is 1. The molecule has 0 radical (unpaired) electrons. The molecular weight excluding hydrogens is 561 g/mol. The summed E-state index contributed by atoms with van der Waals surface area (Å²) in [7, 11) is -2.67.